The van der Waals surface area contributed by atoms with Gasteiger partial charge in [-0.05, 0) is 0 Å². The molecular formula is C38H56Cl2SiZr. The van der Waals surface area contributed by atoms with Crippen molar-refractivity contribution >= 4 is 16.6 Å². The van der Waals surface area contributed by atoms with Crippen molar-refractivity contribution in [2.24, 2.45) is 0 Å². The van der Waals surface area contributed by atoms with E-state index < -0.39 is 25.8 Å². The Bertz CT molecular complexity index is 1260. The van der Waals surface area contributed by atoms with Gasteiger partial charge in [0.15, 0.2) is 0 Å². The molecule has 0 saturated carbocycles. The van der Waals surface area contributed by atoms with Crippen LogP contribution in [-0.2, 0) is 33.2 Å². The van der Waals surface area contributed by atoms with Crippen LogP contribution in [0.3, 0.4) is 0 Å². The first-order chi connectivity index (χ1) is 19.1. The number of halogens is 2. The molecule has 0 nitrogen and oxygen atoms in total. The molecule has 2 aromatic rings. The normalized spacial score (nSPS) is 17.0. The van der Waals surface area contributed by atoms with Gasteiger partial charge in [0, 0.05) is 0 Å². The van der Waals surface area contributed by atoms with Crippen molar-refractivity contribution < 1.29 is 45.2 Å². The Morgan fingerprint density at radius 2 is 0.952 bits per heavy atom. The number of aryl methyl sites for hydroxylation is 4. The fourth-order valence-electron chi connectivity index (χ4n) is 7.85. The van der Waals surface area contributed by atoms with Crippen molar-refractivity contribution in [1.82, 2.24) is 0 Å². The van der Waals surface area contributed by atoms with Gasteiger partial charge < -0.3 is 24.8 Å². The summed E-state index contributed by atoms with van der Waals surface area (Å²) in [7, 11) is 0. The summed E-state index contributed by atoms with van der Waals surface area (Å²) in [6, 6.07) is 9.95. The summed E-state index contributed by atoms with van der Waals surface area (Å²) in [6.45, 7) is 24.9. The van der Waals surface area contributed by atoms with E-state index in [1.807, 2.05) is 0 Å². The molecule has 2 aromatic carbocycles. The topological polar surface area (TPSA) is 0 Å². The van der Waals surface area contributed by atoms with Gasteiger partial charge in [-0.3, -0.25) is 0 Å². The third-order valence-electron chi connectivity index (χ3n) is 10.3. The van der Waals surface area contributed by atoms with Crippen LogP contribution in [0, 0.1) is 13.8 Å². The van der Waals surface area contributed by atoms with Crippen LogP contribution in [0.4, 0.5) is 0 Å². The number of benzene rings is 2. The second-order valence-electron chi connectivity index (χ2n) is 13.2. The number of unbranched alkanes of at least 4 members (excludes halogenated alkanes) is 6. The number of allylic oxidation sites excluding steroid dienone is 4. The van der Waals surface area contributed by atoms with E-state index >= 15 is 0 Å². The molecule has 230 valence electrons. The average Bonchev–Trinajstić information content (AvgIpc) is 3.34. The van der Waals surface area contributed by atoms with Gasteiger partial charge in [0.05, 0.1) is 0 Å². The minimum Gasteiger partial charge on any atom is -1.00 e. The summed E-state index contributed by atoms with van der Waals surface area (Å²) in [5, 5.41) is 0. The van der Waals surface area contributed by atoms with E-state index in [2.05, 4.69) is 92.7 Å². The average molecular weight is 703 g/mol. The van der Waals surface area contributed by atoms with E-state index in [9.17, 15) is 0 Å². The largest absolute Gasteiger partial charge is 1.00 e. The van der Waals surface area contributed by atoms with Crippen molar-refractivity contribution in [3.63, 3.8) is 0 Å². The molecule has 2 unspecified atom stereocenters. The summed E-state index contributed by atoms with van der Waals surface area (Å²) in [6.07, 6.45) is 13.3. The summed E-state index contributed by atoms with van der Waals surface area (Å²) >= 11 is -2.07. The maximum atomic E-state index is 2.69. The predicted octanol–water partition coefficient (Wildman–Crippen LogP) is 5.82. The van der Waals surface area contributed by atoms with Crippen LogP contribution in [0.5, 0.6) is 0 Å². The number of fused-ring (bicyclic) bond motifs is 2. The molecule has 2 atom stereocenters. The molecule has 2 aliphatic rings. The molecule has 0 bridgehead atoms. The number of rotatable bonds is 12. The van der Waals surface area contributed by atoms with Gasteiger partial charge >= 0.3 is 257 Å². The van der Waals surface area contributed by atoms with Crippen molar-refractivity contribution in [1.29, 1.82) is 0 Å². The molecule has 0 radical (unpaired) electrons. The molecule has 0 N–H and O–H groups in total. The molecule has 0 spiro atoms. The Balaban J connectivity index is 0.00000308. The van der Waals surface area contributed by atoms with E-state index in [1.54, 1.807) is 66.8 Å². The van der Waals surface area contributed by atoms with E-state index in [-0.39, 0.29) is 24.8 Å². The molecule has 0 saturated heterocycles. The first-order valence-corrected chi connectivity index (χ1v) is 25.5. The molecule has 0 amide bonds. The molecule has 4 rings (SSSR count). The summed E-state index contributed by atoms with van der Waals surface area (Å²) in [4.78, 5) is 0. The van der Waals surface area contributed by atoms with Gasteiger partial charge in [0.1, 0.15) is 0 Å². The van der Waals surface area contributed by atoms with Crippen LogP contribution in [-0.4, -0.2) is 5.43 Å². The van der Waals surface area contributed by atoms with E-state index in [0.29, 0.717) is 0 Å². The third kappa shape index (κ3) is 7.35. The van der Waals surface area contributed by atoms with E-state index in [0.717, 1.165) is 7.25 Å². The Labute approximate surface area is 279 Å². The first-order valence-electron chi connectivity index (χ1n) is 16.4. The second-order valence-corrected chi connectivity index (χ2v) is 31.1. The first kappa shape index (κ1) is 37.8. The Morgan fingerprint density at radius 1 is 0.571 bits per heavy atom. The summed E-state index contributed by atoms with van der Waals surface area (Å²) < 4.78 is 1.48. The maximum absolute atomic E-state index is 2.69. The minimum atomic E-state index is -2.07. The van der Waals surface area contributed by atoms with Gasteiger partial charge in [-0.1, -0.05) is 0 Å². The molecule has 0 aromatic heterocycles. The SMILES string of the molecule is CCCCCCc1ccc(C)c2c1C(C)=C(C)[CH]2[Zr+2]([CH]1C(C)=C(C)c2c(CCCCCC)ccc(C)c21)=[Si](C)C.[Cl-].[Cl-]. The monoisotopic (exact) mass is 700 g/mol. The van der Waals surface area contributed by atoms with Crippen molar-refractivity contribution in [2.75, 3.05) is 0 Å². The third-order valence-corrected chi connectivity index (χ3v) is 30.0. The van der Waals surface area contributed by atoms with Crippen molar-refractivity contribution in [3.8, 4) is 0 Å². The smallest absolute Gasteiger partial charge is 1.00 e. The Hall–Kier alpha value is -0.400. The molecule has 42 heavy (non-hydrogen) atoms. The molecule has 0 aliphatic heterocycles. The Kier molecular flexibility index (Phi) is 15.1. The zero-order valence-corrected chi connectivity index (χ0v) is 33.3. The predicted molar refractivity (Wildman–Crippen MR) is 178 cm³/mol. The van der Waals surface area contributed by atoms with Crippen LogP contribution in [0.25, 0.3) is 11.1 Å². The van der Waals surface area contributed by atoms with E-state index in [4.69, 9.17) is 0 Å². The number of hydrogen-bond donors (Lipinski definition) is 0. The molecule has 2 aliphatic carbocycles. The van der Waals surface area contributed by atoms with Crippen LogP contribution < -0.4 is 24.8 Å². The maximum Gasteiger partial charge on any atom is -1.00 e. The van der Waals surface area contributed by atoms with E-state index in [1.165, 1.54) is 64.2 Å². The van der Waals surface area contributed by atoms with Crippen LogP contribution in [0.2, 0.25) is 13.1 Å². The molecular weight excluding hydrogens is 647 g/mol. The van der Waals surface area contributed by atoms with Gasteiger partial charge in [-0.15, -0.1) is 0 Å². The molecule has 4 heteroatoms. The quantitative estimate of drug-likeness (QED) is 0.193. The molecule has 0 fully saturated rings. The van der Waals surface area contributed by atoms with Crippen LogP contribution in [0.15, 0.2) is 35.4 Å². The zero-order valence-electron chi connectivity index (χ0n) is 28.3. The van der Waals surface area contributed by atoms with Crippen LogP contribution in [0.1, 0.15) is 145 Å². The van der Waals surface area contributed by atoms with Crippen molar-refractivity contribution in [2.45, 2.75) is 140 Å². The Morgan fingerprint density at radius 3 is 1.29 bits per heavy atom. The fraction of sp³-hybridized carbons (Fsp3) is 0.579. The summed E-state index contributed by atoms with van der Waals surface area (Å²) in [5.74, 6) is 0. The summed E-state index contributed by atoms with van der Waals surface area (Å²) in [5.41, 5.74) is 19.7. The van der Waals surface area contributed by atoms with Gasteiger partial charge in [-0.25, -0.2) is 0 Å². The zero-order chi connectivity index (χ0) is 29.1. The number of hydrogen-bond acceptors (Lipinski definition) is 0. The van der Waals surface area contributed by atoms with Crippen molar-refractivity contribution in [3.05, 3.63) is 79.9 Å². The molecule has 0 heterocycles. The van der Waals surface area contributed by atoms with Crippen LogP contribution >= 0.6 is 0 Å². The van der Waals surface area contributed by atoms with Gasteiger partial charge in [0.25, 0.3) is 0 Å². The standard InChI is InChI=1S/2C18H25.C2H6Si.2ClH.Zr/c2*1-5-6-7-8-9-16-11-10-13(2)17-12-14(3)15(4)18(16)17;1-3-2;;;/h2*10-12H,5-9H2,1-4H3;1-2H3;2*1H;/q;;;;;+2/p-2. The fourth-order valence-corrected chi connectivity index (χ4v) is 29.3. The second kappa shape index (κ2) is 16.8. The van der Waals surface area contributed by atoms with Gasteiger partial charge in [-0.2, -0.15) is 0 Å². The van der Waals surface area contributed by atoms with Gasteiger partial charge in [0.2, 0.25) is 0 Å². The minimum absolute atomic E-state index is 0.